The van der Waals surface area contributed by atoms with Crippen LogP contribution in [0.5, 0.6) is 0 Å². The molecule has 0 unspecified atom stereocenters. The molecule has 0 spiro atoms. The van der Waals surface area contributed by atoms with Crippen LogP contribution in [0.15, 0.2) is 0 Å². The summed E-state index contributed by atoms with van der Waals surface area (Å²) in [6.45, 7) is 14.9. The lowest BCUT2D eigenvalue weighted by Gasteiger charge is -2.22. The van der Waals surface area contributed by atoms with E-state index in [4.69, 9.17) is 0 Å². The zero-order chi connectivity index (χ0) is 12.6. The molecule has 0 atom stereocenters. The fraction of sp³-hybridized carbons (Fsp3) is 0.769. The number of nitrogens with zero attached hydrogens (tertiary/aromatic N) is 3. The first-order chi connectivity index (χ1) is 7.14. The van der Waals surface area contributed by atoms with Gasteiger partial charge in [-0.05, 0) is 0 Å². The summed E-state index contributed by atoms with van der Waals surface area (Å²) in [5.41, 5.74) is -0.0419. The topological polar surface area (TPSA) is 38.7 Å². The Labute approximate surface area is 98.7 Å². The Bertz CT molecular complexity index is 337. The summed E-state index contributed by atoms with van der Waals surface area (Å²) >= 11 is 0. The van der Waals surface area contributed by atoms with E-state index in [0.717, 1.165) is 23.9 Å². The molecule has 0 aliphatic carbocycles. The molecule has 1 aromatic rings. The van der Waals surface area contributed by atoms with E-state index >= 15 is 0 Å². The third-order valence-corrected chi connectivity index (χ3v) is 2.34. The second kappa shape index (κ2) is 4.11. The molecule has 16 heavy (non-hydrogen) atoms. The van der Waals surface area contributed by atoms with E-state index in [9.17, 15) is 0 Å². The van der Waals surface area contributed by atoms with E-state index in [2.05, 4.69) is 63.4 Å². The molecular weight excluding hydrogens is 198 g/mol. The first-order valence-electron chi connectivity index (χ1n) is 5.90. The number of hydrogen-bond donors (Lipinski definition) is 0. The zero-order valence-electron chi connectivity index (χ0n) is 11.5. The van der Waals surface area contributed by atoms with Crippen molar-refractivity contribution in [3.05, 3.63) is 17.5 Å². The minimum atomic E-state index is -0.0210. The molecule has 0 fully saturated rings. The number of rotatable bonds is 1. The maximum Gasteiger partial charge on any atom is 0.137 e. The van der Waals surface area contributed by atoms with Gasteiger partial charge in [-0.1, -0.05) is 48.5 Å². The molecule has 1 heterocycles. The van der Waals surface area contributed by atoms with Gasteiger partial charge >= 0.3 is 0 Å². The number of aryl methyl sites for hydroxylation is 1. The zero-order valence-corrected chi connectivity index (χ0v) is 11.5. The summed E-state index contributed by atoms with van der Waals surface area (Å²) in [7, 11) is 0. The van der Waals surface area contributed by atoms with Crippen molar-refractivity contribution in [2.45, 2.75) is 65.7 Å². The lowest BCUT2D eigenvalue weighted by atomic mass is 9.93. The van der Waals surface area contributed by atoms with Crippen LogP contribution in [0.3, 0.4) is 0 Å². The van der Waals surface area contributed by atoms with Gasteiger partial charge < -0.3 is 0 Å². The van der Waals surface area contributed by atoms with Crippen molar-refractivity contribution in [2.75, 3.05) is 0 Å². The Morgan fingerprint density at radius 3 is 1.38 bits per heavy atom. The third kappa shape index (κ3) is 3.00. The van der Waals surface area contributed by atoms with E-state index in [-0.39, 0.29) is 10.8 Å². The Morgan fingerprint density at radius 1 is 0.750 bits per heavy atom. The highest BCUT2D eigenvalue weighted by molar-refractivity contribution is 5.10. The molecule has 0 bridgehead atoms. The second-order valence-corrected chi connectivity index (χ2v) is 6.25. The Kier molecular flexibility index (Phi) is 3.36. The summed E-state index contributed by atoms with van der Waals surface area (Å²) in [5.74, 6) is 2.68. The highest BCUT2D eigenvalue weighted by Crippen LogP contribution is 2.23. The Balaban J connectivity index is 3.33. The third-order valence-electron chi connectivity index (χ3n) is 2.34. The molecular formula is C13H23N3. The van der Waals surface area contributed by atoms with Crippen molar-refractivity contribution in [2.24, 2.45) is 0 Å². The normalized spacial score (nSPS) is 12.9. The lowest BCUT2D eigenvalue weighted by Crippen LogP contribution is -2.24. The molecule has 0 saturated carbocycles. The van der Waals surface area contributed by atoms with Gasteiger partial charge in [-0.3, -0.25) is 0 Å². The van der Waals surface area contributed by atoms with Crippen LogP contribution in [0.25, 0.3) is 0 Å². The maximum absolute atomic E-state index is 4.60. The molecule has 0 amide bonds. The lowest BCUT2D eigenvalue weighted by molar-refractivity contribution is 0.489. The second-order valence-electron chi connectivity index (χ2n) is 6.25. The predicted molar refractivity (Wildman–Crippen MR) is 66.6 cm³/mol. The quantitative estimate of drug-likeness (QED) is 0.731. The van der Waals surface area contributed by atoms with Crippen molar-refractivity contribution in [1.82, 2.24) is 15.0 Å². The van der Waals surface area contributed by atoms with Crippen LogP contribution < -0.4 is 0 Å². The van der Waals surface area contributed by atoms with Crippen molar-refractivity contribution in [1.29, 1.82) is 0 Å². The Hall–Kier alpha value is -0.990. The number of aromatic nitrogens is 3. The molecule has 90 valence electrons. The highest BCUT2D eigenvalue weighted by atomic mass is 15.0. The van der Waals surface area contributed by atoms with Crippen molar-refractivity contribution in [3.8, 4) is 0 Å². The van der Waals surface area contributed by atoms with Gasteiger partial charge in [-0.2, -0.15) is 0 Å². The van der Waals surface area contributed by atoms with Crippen LogP contribution in [0.4, 0.5) is 0 Å². The van der Waals surface area contributed by atoms with Gasteiger partial charge in [-0.15, -0.1) is 0 Å². The van der Waals surface area contributed by atoms with E-state index in [1.807, 2.05) is 0 Å². The molecule has 3 heteroatoms. The van der Waals surface area contributed by atoms with E-state index in [1.54, 1.807) is 0 Å². The molecule has 0 aromatic carbocycles. The van der Waals surface area contributed by atoms with Crippen molar-refractivity contribution in [3.63, 3.8) is 0 Å². The van der Waals surface area contributed by atoms with Crippen molar-refractivity contribution < 1.29 is 0 Å². The Morgan fingerprint density at radius 2 is 1.12 bits per heavy atom. The van der Waals surface area contributed by atoms with Gasteiger partial charge in [-0.25, -0.2) is 15.0 Å². The van der Waals surface area contributed by atoms with Crippen molar-refractivity contribution >= 4 is 0 Å². The molecule has 0 saturated heterocycles. The van der Waals surface area contributed by atoms with Gasteiger partial charge in [0, 0.05) is 17.3 Å². The van der Waals surface area contributed by atoms with Crippen LogP contribution in [0.1, 0.15) is 65.9 Å². The van der Waals surface area contributed by atoms with Crippen LogP contribution in [-0.2, 0) is 17.3 Å². The molecule has 1 aromatic heterocycles. The SMILES string of the molecule is CCc1nc(C(C)(C)C)nc(C(C)(C)C)n1. The van der Waals surface area contributed by atoms with Gasteiger partial charge in [0.05, 0.1) is 0 Å². The van der Waals surface area contributed by atoms with Gasteiger partial charge in [0.25, 0.3) is 0 Å². The molecule has 1 rings (SSSR count). The first-order valence-corrected chi connectivity index (χ1v) is 5.90. The number of hydrogen-bond acceptors (Lipinski definition) is 3. The molecule has 0 aliphatic rings. The van der Waals surface area contributed by atoms with Gasteiger partial charge in [0.1, 0.15) is 17.5 Å². The molecule has 0 N–H and O–H groups in total. The minimum absolute atomic E-state index is 0.0210. The predicted octanol–water partition coefficient (Wildman–Crippen LogP) is 3.03. The molecule has 0 aliphatic heterocycles. The smallest absolute Gasteiger partial charge is 0.137 e. The van der Waals surface area contributed by atoms with Crippen LogP contribution >= 0.6 is 0 Å². The van der Waals surface area contributed by atoms with Gasteiger partial charge in [0.15, 0.2) is 0 Å². The summed E-state index contributed by atoms with van der Waals surface area (Å²) in [6.07, 6.45) is 0.856. The summed E-state index contributed by atoms with van der Waals surface area (Å²) in [5, 5.41) is 0. The summed E-state index contributed by atoms with van der Waals surface area (Å²) < 4.78 is 0. The van der Waals surface area contributed by atoms with Crippen LogP contribution in [0, 0.1) is 0 Å². The van der Waals surface area contributed by atoms with Crippen LogP contribution in [-0.4, -0.2) is 15.0 Å². The first kappa shape index (κ1) is 13.1. The standard InChI is InChI=1S/C13H23N3/c1-8-9-14-10(12(2,3)4)16-11(15-9)13(5,6)7/h8H2,1-7H3. The van der Waals surface area contributed by atoms with Crippen LogP contribution in [0.2, 0.25) is 0 Å². The minimum Gasteiger partial charge on any atom is -0.217 e. The monoisotopic (exact) mass is 221 g/mol. The van der Waals surface area contributed by atoms with Gasteiger partial charge in [0.2, 0.25) is 0 Å². The van der Waals surface area contributed by atoms with E-state index < -0.39 is 0 Å². The summed E-state index contributed by atoms with van der Waals surface area (Å²) in [4.78, 5) is 13.6. The fourth-order valence-corrected chi connectivity index (χ4v) is 1.25. The largest absolute Gasteiger partial charge is 0.217 e. The fourth-order valence-electron chi connectivity index (χ4n) is 1.25. The average Bonchev–Trinajstić information content (AvgIpc) is 2.14. The molecule has 0 radical (unpaired) electrons. The molecule has 3 nitrogen and oxygen atoms in total. The maximum atomic E-state index is 4.60. The van der Waals surface area contributed by atoms with E-state index in [0.29, 0.717) is 0 Å². The average molecular weight is 221 g/mol. The van der Waals surface area contributed by atoms with E-state index in [1.165, 1.54) is 0 Å². The highest BCUT2D eigenvalue weighted by Gasteiger charge is 2.24. The summed E-state index contributed by atoms with van der Waals surface area (Å²) in [6, 6.07) is 0.